The molecule has 0 unspecified atom stereocenters. The van der Waals surface area contributed by atoms with Crippen LogP contribution >= 0.6 is 11.6 Å². The van der Waals surface area contributed by atoms with Crippen molar-refractivity contribution in [3.05, 3.63) is 59.1 Å². The maximum absolute atomic E-state index is 10.6. The second kappa shape index (κ2) is 8.09. The highest BCUT2D eigenvalue weighted by Crippen LogP contribution is 2.38. The van der Waals surface area contributed by atoms with Gasteiger partial charge in [0.15, 0.2) is 0 Å². The minimum Gasteiger partial charge on any atom is -0.497 e. The molecule has 0 aromatic heterocycles. The van der Waals surface area contributed by atoms with E-state index in [0.29, 0.717) is 16.9 Å². The molecule has 4 nitrogen and oxygen atoms in total. The molecular weight excluding hydrogens is 362 g/mol. The van der Waals surface area contributed by atoms with Crippen LogP contribution in [0.1, 0.15) is 18.4 Å². The highest BCUT2D eigenvalue weighted by atomic mass is 35.5. The molecule has 1 saturated carbocycles. The zero-order valence-corrected chi connectivity index (χ0v) is 16.3. The van der Waals surface area contributed by atoms with E-state index >= 15 is 0 Å². The Bertz CT molecular complexity index is 784. The van der Waals surface area contributed by atoms with E-state index in [2.05, 4.69) is 17.0 Å². The molecule has 2 aromatic carbocycles. The van der Waals surface area contributed by atoms with E-state index in [0.717, 1.165) is 44.0 Å². The summed E-state index contributed by atoms with van der Waals surface area (Å²) in [5.74, 6) is 2.72. The molecular formula is C22H26ClNO3. The summed E-state index contributed by atoms with van der Waals surface area (Å²) in [5.41, 5.74) is 1.26. The third kappa shape index (κ3) is 4.40. The first-order valence-corrected chi connectivity index (χ1v) is 9.94. The molecule has 27 heavy (non-hydrogen) atoms. The Hall–Kier alpha value is -1.75. The SMILES string of the molecule is COc1cccc(CN2C[C@H]3C[C@@H](Oc4cccc(Cl)c4)[C@H](O)C[C@H]3C2)c1. The number of fused-ring (bicyclic) bond motifs is 1. The minimum atomic E-state index is -0.429. The fourth-order valence-corrected chi connectivity index (χ4v) is 4.67. The summed E-state index contributed by atoms with van der Waals surface area (Å²) in [6, 6.07) is 15.7. The van der Waals surface area contributed by atoms with Gasteiger partial charge >= 0.3 is 0 Å². The molecule has 1 saturated heterocycles. The zero-order chi connectivity index (χ0) is 18.8. The fraction of sp³-hybridized carbons (Fsp3) is 0.455. The van der Waals surface area contributed by atoms with E-state index < -0.39 is 6.10 Å². The number of hydrogen-bond acceptors (Lipinski definition) is 4. The zero-order valence-electron chi connectivity index (χ0n) is 15.6. The Morgan fingerprint density at radius 1 is 1.04 bits per heavy atom. The third-order valence-corrected chi connectivity index (χ3v) is 6.02. The number of halogens is 1. The van der Waals surface area contributed by atoms with E-state index in [-0.39, 0.29) is 6.10 Å². The number of aliphatic hydroxyl groups is 1. The van der Waals surface area contributed by atoms with E-state index in [9.17, 15) is 5.11 Å². The van der Waals surface area contributed by atoms with Crippen molar-refractivity contribution in [3.8, 4) is 11.5 Å². The quantitative estimate of drug-likeness (QED) is 0.842. The summed E-state index contributed by atoms with van der Waals surface area (Å²) in [5, 5.41) is 11.3. The molecule has 1 N–H and O–H groups in total. The fourth-order valence-electron chi connectivity index (χ4n) is 4.49. The molecule has 5 heteroatoms. The van der Waals surface area contributed by atoms with Gasteiger partial charge in [0, 0.05) is 24.7 Å². The molecule has 0 spiro atoms. The smallest absolute Gasteiger partial charge is 0.125 e. The number of aliphatic hydroxyl groups excluding tert-OH is 1. The van der Waals surface area contributed by atoms with Crippen molar-refractivity contribution in [3.63, 3.8) is 0 Å². The van der Waals surface area contributed by atoms with Gasteiger partial charge in [0.2, 0.25) is 0 Å². The van der Waals surface area contributed by atoms with Gasteiger partial charge in [-0.2, -0.15) is 0 Å². The van der Waals surface area contributed by atoms with Gasteiger partial charge in [-0.05, 0) is 60.6 Å². The van der Waals surface area contributed by atoms with Crippen LogP contribution in [-0.4, -0.2) is 42.4 Å². The monoisotopic (exact) mass is 387 g/mol. The number of ether oxygens (including phenoxy) is 2. The summed E-state index contributed by atoms with van der Waals surface area (Å²) in [4.78, 5) is 2.48. The average molecular weight is 388 g/mol. The molecule has 4 rings (SSSR count). The highest BCUT2D eigenvalue weighted by Gasteiger charge is 2.42. The van der Waals surface area contributed by atoms with Gasteiger partial charge < -0.3 is 14.6 Å². The predicted molar refractivity (Wildman–Crippen MR) is 106 cm³/mol. The van der Waals surface area contributed by atoms with Crippen LogP contribution < -0.4 is 9.47 Å². The molecule has 2 aliphatic rings. The highest BCUT2D eigenvalue weighted by molar-refractivity contribution is 6.30. The van der Waals surface area contributed by atoms with Crippen LogP contribution in [-0.2, 0) is 6.54 Å². The Morgan fingerprint density at radius 3 is 2.56 bits per heavy atom. The predicted octanol–water partition coefficient (Wildman–Crippen LogP) is 4.00. The summed E-state index contributed by atoms with van der Waals surface area (Å²) >= 11 is 6.05. The van der Waals surface area contributed by atoms with Gasteiger partial charge in [-0.15, -0.1) is 0 Å². The van der Waals surface area contributed by atoms with Crippen molar-refractivity contribution in [2.75, 3.05) is 20.2 Å². The van der Waals surface area contributed by atoms with Gasteiger partial charge in [-0.1, -0.05) is 29.8 Å². The average Bonchev–Trinajstić information content (AvgIpc) is 3.03. The molecule has 2 aromatic rings. The van der Waals surface area contributed by atoms with Crippen molar-refractivity contribution in [1.29, 1.82) is 0 Å². The minimum absolute atomic E-state index is 0.165. The van der Waals surface area contributed by atoms with Crippen LogP contribution in [0.4, 0.5) is 0 Å². The van der Waals surface area contributed by atoms with Crippen molar-refractivity contribution < 1.29 is 14.6 Å². The standard InChI is InChI=1S/C22H26ClNO3/c1-26-19-6-2-4-15(8-19)12-24-13-16-9-21(25)22(10-17(16)14-24)27-20-7-3-5-18(23)11-20/h2-8,11,16-17,21-22,25H,9-10,12-14H2,1H3/t16-,17+,21+,22+/m0/s1. The van der Waals surface area contributed by atoms with Crippen LogP contribution in [0.25, 0.3) is 0 Å². The van der Waals surface area contributed by atoms with E-state index in [4.69, 9.17) is 21.1 Å². The molecule has 2 fully saturated rings. The lowest BCUT2D eigenvalue weighted by molar-refractivity contribution is -0.0231. The van der Waals surface area contributed by atoms with Crippen LogP contribution in [0.15, 0.2) is 48.5 Å². The summed E-state index contributed by atoms with van der Waals surface area (Å²) in [6.45, 7) is 2.99. The summed E-state index contributed by atoms with van der Waals surface area (Å²) in [6.07, 6.45) is 1.08. The number of methoxy groups -OCH3 is 1. The molecule has 0 bridgehead atoms. The molecule has 144 valence electrons. The largest absolute Gasteiger partial charge is 0.497 e. The Kier molecular flexibility index (Phi) is 5.58. The second-order valence-electron chi connectivity index (χ2n) is 7.72. The maximum atomic E-state index is 10.6. The number of likely N-dealkylation sites (tertiary alicyclic amines) is 1. The number of hydrogen-bond donors (Lipinski definition) is 1. The van der Waals surface area contributed by atoms with E-state index in [1.165, 1.54) is 5.56 Å². The number of rotatable bonds is 5. The Morgan fingerprint density at radius 2 is 1.78 bits per heavy atom. The third-order valence-electron chi connectivity index (χ3n) is 5.78. The lowest BCUT2D eigenvalue weighted by Gasteiger charge is -2.35. The normalized spacial score (nSPS) is 28.0. The number of nitrogens with zero attached hydrogens (tertiary/aromatic N) is 1. The van der Waals surface area contributed by atoms with Gasteiger partial charge in [0.1, 0.15) is 17.6 Å². The molecule has 1 aliphatic heterocycles. The second-order valence-corrected chi connectivity index (χ2v) is 8.15. The van der Waals surface area contributed by atoms with Gasteiger partial charge in [0.25, 0.3) is 0 Å². The van der Waals surface area contributed by atoms with Crippen molar-refractivity contribution in [2.45, 2.75) is 31.6 Å². The van der Waals surface area contributed by atoms with Crippen LogP contribution in [0.5, 0.6) is 11.5 Å². The topological polar surface area (TPSA) is 41.9 Å². The first kappa shape index (κ1) is 18.6. The van der Waals surface area contributed by atoms with Crippen LogP contribution in [0.2, 0.25) is 5.02 Å². The van der Waals surface area contributed by atoms with Crippen LogP contribution in [0, 0.1) is 11.8 Å². The summed E-state index contributed by atoms with van der Waals surface area (Å²) < 4.78 is 11.4. The van der Waals surface area contributed by atoms with Crippen molar-refractivity contribution >= 4 is 11.6 Å². The van der Waals surface area contributed by atoms with Crippen molar-refractivity contribution in [1.82, 2.24) is 4.90 Å². The van der Waals surface area contributed by atoms with E-state index in [1.54, 1.807) is 7.11 Å². The first-order chi connectivity index (χ1) is 13.1. The molecule has 1 aliphatic carbocycles. The summed E-state index contributed by atoms with van der Waals surface area (Å²) in [7, 11) is 1.70. The first-order valence-electron chi connectivity index (χ1n) is 9.56. The maximum Gasteiger partial charge on any atom is 0.125 e. The Balaban J connectivity index is 1.38. The molecule has 1 heterocycles. The van der Waals surface area contributed by atoms with Gasteiger partial charge in [-0.3, -0.25) is 4.90 Å². The number of benzene rings is 2. The molecule has 0 amide bonds. The van der Waals surface area contributed by atoms with Crippen LogP contribution in [0.3, 0.4) is 0 Å². The van der Waals surface area contributed by atoms with Crippen molar-refractivity contribution in [2.24, 2.45) is 11.8 Å². The lowest BCUT2D eigenvalue weighted by Crippen LogP contribution is -2.42. The van der Waals surface area contributed by atoms with Gasteiger partial charge in [-0.25, -0.2) is 0 Å². The Labute approximate surface area is 165 Å². The molecule has 0 radical (unpaired) electrons. The lowest BCUT2D eigenvalue weighted by atomic mass is 9.78. The van der Waals surface area contributed by atoms with Gasteiger partial charge in [0.05, 0.1) is 13.2 Å². The molecule has 4 atom stereocenters. The van der Waals surface area contributed by atoms with E-state index in [1.807, 2.05) is 36.4 Å².